The first-order valence-corrected chi connectivity index (χ1v) is 9.22. The summed E-state index contributed by atoms with van der Waals surface area (Å²) in [6.07, 6.45) is 1.51. The molecule has 0 fully saturated rings. The Morgan fingerprint density at radius 3 is 2.68 bits per heavy atom. The first-order valence-electron chi connectivity index (χ1n) is 8.84. The number of anilines is 1. The summed E-state index contributed by atoms with van der Waals surface area (Å²) < 4.78 is 11.1. The lowest BCUT2D eigenvalue weighted by atomic mass is 10.1. The molecular formula is C22H23ClN2O3. The Balaban J connectivity index is 2.28. The smallest absolute Gasteiger partial charge is 0.266 e. The molecule has 2 aromatic carbocycles. The Bertz CT molecular complexity index is 930. The number of hydrogen-bond donors (Lipinski definition) is 1. The average molecular weight is 399 g/mol. The first kappa shape index (κ1) is 21.3. The number of nitriles is 1. The number of halogens is 1. The summed E-state index contributed by atoms with van der Waals surface area (Å²) in [6, 6.07) is 12.4. The van der Waals surface area contributed by atoms with E-state index in [1.165, 1.54) is 6.08 Å². The molecule has 28 heavy (non-hydrogen) atoms. The van der Waals surface area contributed by atoms with Gasteiger partial charge in [0.2, 0.25) is 0 Å². The summed E-state index contributed by atoms with van der Waals surface area (Å²) in [5, 5.41) is 12.7. The van der Waals surface area contributed by atoms with Gasteiger partial charge in [-0.1, -0.05) is 37.6 Å². The molecular weight excluding hydrogens is 376 g/mol. The molecule has 0 heterocycles. The lowest BCUT2D eigenvalue weighted by molar-refractivity contribution is -0.112. The van der Waals surface area contributed by atoms with E-state index in [0.717, 1.165) is 5.56 Å². The lowest BCUT2D eigenvalue weighted by Gasteiger charge is -2.13. The van der Waals surface area contributed by atoms with E-state index in [9.17, 15) is 10.1 Å². The average Bonchev–Trinajstić information content (AvgIpc) is 2.67. The largest absolute Gasteiger partial charge is 0.493 e. The van der Waals surface area contributed by atoms with Crippen molar-refractivity contribution in [2.24, 2.45) is 5.92 Å². The zero-order valence-corrected chi connectivity index (χ0v) is 17.1. The SMILES string of the molecule is COc1ccc(/C=C(\C#N)C(=O)Nc2cccc(Cl)c2C)cc1OCC(C)C. The molecule has 0 unspecified atom stereocenters. The van der Waals surface area contributed by atoms with Crippen molar-refractivity contribution in [2.75, 3.05) is 19.0 Å². The van der Waals surface area contributed by atoms with E-state index in [1.807, 2.05) is 19.9 Å². The highest BCUT2D eigenvalue weighted by Gasteiger charge is 2.13. The molecule has 0 saturated heterocycles. The first-order chi connectivity index (χ1) is 13.3. The molecule has 0 spiro atoms. The second-order valence-electron chi connectivity index (χ2n) is 6.65. The number of ether oxygens (including phenoxy) is 2. The highest BCUT2D eigenvalue weighted by Crippen LogP contribution is 2.29. The molecule has 2 aromatic rings. The van der Waals surface area contributed by atoms with Crippen molar-refractivity contribution >= 4 is 29.3 Å². The fraction of sp³-hybridized carbons (Fsp3) is 0.273. The molecule has 0 atom stereocenters. The maximum atomic E-state index is 12.5. The molecule has 6 heteroatoms. The number of nitrogens with one attached hydrogen (secondary N) is 1. The molecule has 0 bridgehead atoms. The van der Waals surface area contributed by atoms with E-state index < -0.39 is 5.91 Å². The molecule has 0 saturated carbocycles. The quantitative estimate of drug-likeness (QED) is 0.511. The summed E-state index contributed by atoms with van der Waals surface area (Å²) in [6.45, 7) is 6.43. The molecule has 1 amide bonds. The number of carbonyl (C=O) groups is 1. The number of rotatable bonds is 7. The second kappa shape index (κ2) is 9.82. The van der Waals surface area contributed by atoms with Gasteiger partial charge in [0.1, 0.15) is 11.6 Å². The van der Waals surface area contributed by atoms with E-state index in [2.05, 4.69) is 5.32 Å². The van der Waals surface area contributed by atoms with Gasteiger partial charge in [-0.2, -0.15) is 5.26 Å². The Morgan fingerprint density at radius 2 is 2.04 bits per heavy atom. The fourth-order valence-corrected chi connectivity index (χ4v) is 2.57. The van der Waals surface area contributed by atoms with Crippen LogP contribution in [-0.4, -0.2) is 19.6 Å². The van der Waals surface area contributed by atoms with Crippen molar-refractivity contribution in [3.05, 3.63) is 58.1 Å². The third kappa shape index (κ3) is 5.51. The molecule has 0 aliphatic rings. The maximum Gasteiger partial charge on any atom is 0.266 e. The van der Waals surface area contributed by atoms with Crippen LogP contribution in [0.4, 0.5) is 5.69 Å². The van der Waals surface area contributed by atoms with Crippen LogP contribution in [0.1, 0.15) is 25.0 Å². The van der Waals surface area contributed by atoms with Crippen LogP contribution in [0.3, 0.4) is 0 Å². The summed E-state index contributed by atoms with van der Waals surface area (Å²) in [5.41, 5.74) is 1.94. The highest BCUT2D eigenvalue weighted by molar-refractivity contribution is 6.31. The standard InChI is InChI=1S/C22H23ClN2O3/c1-14(2)13-28-21-11-16(8-9-20(21)27-4)10-17(12-24)22(26)25-19-7-5-6-18(23)15(19)3/h5-11,14H,13H2,1-4H3,(H,25,26)/b17-10+. The highest BCUT2D eigenvalue weighted by atomic mass is 35.5. The summed E-state index contributed by atoms with van der Waals surface area (Å²) in [7, 11) is 1.56. The van der Waals surface area contributed by atoms with Gasteiger partial charge in [0, 0.05) is 10.7 Å². The predicted molar refractivity (Wildman–Crippen MR) is 112 cm³/mol. The van der Waals surface area contributed by atoms with E-state index in [-0.39, 0.29) is 5.57 Å². The molecule has 0 aliphatic carbocycles. The second-order valence-corrected chi connectivity index (χ2v) is 7.06. The van der Waals surface area contributed by atoms with Crippen molar-refractivity contribution < 1.29 is 14.3 Å². The summed E-state index contributed by atoms with van der Waals surface area (Å²) in [4.78, 5) is 12.5. The number of nitrogens with zero attached hydrogens (tertiary/aromatic N) is 1. The monoisotopic (exact) mass is 398 g/mol. The third-order valence-corrected chi connectivity index (χ3v) is 4.36. The van der Waals surface area contributed by atoms with Crippen LogP contribution in [0.2, 0.25) is 5.02 Å². The van der Waals surface area contributed by atoms with Gasteiger partial charge >= 0.3 is 0 Å². The van der Waals surface area contributed by atoms with Crippen LogP contribution < -0.4 is 14.8 Å². The molecule has 2 rings (SSSR count). The van der Waals surface area contributed by atoms with Crippen molar-refractivity contribution in [3.8, 4) is 17.6 Å². The normalized spacial score (nSPS) is 11.1. The number of carbonyl (C=O) groups excluding carboxylic acids is 1. The molecule has 0 aliphatic heterocycles. The van der Waals surface area contributed by atoms with Gasteiger partial charge in [-0.15, -0.1) is 0 Å². The van der Waals surface area contributed by atoms with Crippen LogP contribution in [0.25, 0.3) is 6.08 Å². The zero-order valence-electron chi connectivity index (χ0n) is 16.4. The number of amides is 1. The Morgan fingerprint density at radius 1 is 1.29 bits per heavy atom. The van der Waals surface area contributed by atoms with Gasteiger partial charge in [0.15, 0.2) is 11.5 Å². The van der Waals surface area contributed by atoms with Crippen molar-refractivity contribution in [2.45, 2.75) is 20.8 Å². The predicted octanol–water partition coefficient (Wildman–Crippen LogP) is 5.24. The molecule has 0 radical (unpaired) electrons. The van der Waals surface area contributed by atoms with Crippen molar-refractivity contribution in [1.29, 1.82) is 5.26 Å². The van der Waals surface area contributed by atoms with Crippen molar-refractivity contribution in [1.82, 2.24) is 0 Å². The summed E-state index contributed by atoms with van der Waals surface area (Å²) >= 11 is 6.08. The maximum absolute atomic E-state index is 12.5. The van der Waals surface area contributed by atoms with E-state index in [1.54, 1.807) is 50.4 Å². The van der Waals surface area contributed by atoms with Crippen LogP contribution >= 0.6 is 11.6 Å². The van der Waals surface area contributed by atoms with Crippen LogP contribution in [0.5, 0.6) is 11.5 Å². The molecule has 1 N–H and O–H groups in total. The molecule has 0 aromatic heterocycles. The van der Waals surface area contributed by atoms with Crippen LogP contribution in [-0.2, 0) is 4.79 Å². The van der Waals surface area contributed by atoms with Crippen LogP contribution in [0, 0.1) is 24.2 Å². The van der Waals surface area contributed by atoms with Gasteiger partial charge in [-0.05, 0) is 54.3 Å². The minimum absolute atomic E-state index is 0.0284. The summed E-state index contributed by atoms with van der Waals surface area (Å²) in [5.74, 6) is 1.00. The zero-order chi connectivity index (χ0) is 20.7. The van der Waals surface area contributed by atoms with E-state index in [4.69, 9.17) is 21.1 Å². The Labute approximate surface area is 170 Å². The minimum Gasteiger partial charge on any atom is -0.493 e. The Kier molecular flexibility index (Phi) is 7.48. The number of hydrogen-bond acceptors (Lipinski definition) is 4. The number of methoxy groups -OCH3 is 1. The molecule has 146 valence electrons. The Hall–Kier alpha value is -2.97. The van der Waals surface area contributed by atoms with Gasteiger partial charge in [-0.3, -0.25) is 4.79 Å². The van der Waals surface area contributed by atoms with E-state index in [0.29, 0.717) is 40.3 Å². The fourth-order valence-electron chi connectivity index (χ4n) is 2.40. The van der Waals surface area contributed by atoms with Gasteiger partial charge < -0.3 is 14.8 Å². The van der Waals surface area contributed by atoms with Gasteiger partial charge in [-0.25, -0.2) is 0 Å². The third-order valence-electron chi connectivity index (χ3n) is 3.95. The van der Waals surface area contributed by atoms with Gasteiger partial charge in [0.05, 0.1) is 13.7 Å². The molecule has 5 nitrogen and oxygen atoms in total. The van der Waals surface area contributed by atoms with Gasteiger partial charge in [0.25, 0.3) is 5.91 Å². The van der Waals surface area contributed by atoms with Crippen LogP contribution in [0.15, 0.2) is 42.0 Å². The minimum atomic E-state index is -0.506. The van der Waals surface area contributed by atoms with E-state index >= 15 is 0 Å². The lowest BCUT2D eigenvalue weighted by Crippen LogP contribution is -2.14. The number of benzene rings is 2. The topological polar surface area (TPSA) is 71.3 Å². The van der Waals surface area contributed by atoms with Crippen molar-refractivity contribution in [3.63, 3.8) is 0 Å².